The van der Waals surface area contributed by atoms with Crippen LogP contribution in [0.4, 0.5) is 0 Å². The van der Waals surface area contributed by atoms with Crippen molar-refractivity contribution in [3.05, 3.63) is 81.4 Å². The van der Waals surface area contributed by atoms with Crippen LogP contribution in [-0.4, -0.2) is 16.2 Å². The van der Waals surface area contributed by atoms with Gasteiger partial charge in [-0.1, -0.05) is 35.5 Å². The topological polar surface area (TPSA) is 103 Å². The molecule has 2 aromatic carbocycles. The number of carbonyl (C=O) groups is 1. The maximum Gasteiger partial charge on any atom is 0.344 e. The Morgan fingerprint density at radius 2 is 1.90 bits per heavy atom. The molecule has 0 fully saturated rings. The highest BCUT2D eigenvalue weighted by atomic mass is 16.5. The first kappa shape index (κ1) is 18.5. The van der Waals surface area contributed by atoms with Gasteiger partial charge in [0.2, 0.25) is 0 Å². The molecule has 1 N–H and O–H groups in total. The molecule has 146 valence electrons. The zero-order chi connectivity index (χ0) is 20.5. The molecule has 0 spiro atoms. The minimum atomic E-state index is -0.612. The summed E-state index contributed by atoms with van der Waals surface area (Å²) in [6, 6.07) is 13.6. The number of esters is 1. The Balaban J connectivity index is 1.66. The van der Waals surface area contributed by atoms with E-state index in [2.05, 4.69) is 5.16 Å². The van der Waals surface area contributed by atoms with Crippen molar-refractivity contribution in [2.75, 3.05) is 0 Å². The number of aryl methyl sites for hydroxylation is 2. The molecule has 0 saturated heterocycles. The number of fused-ring (bicyclic) bond motifs is 1. The van der Waals surface area contributed by atoms with Gasteiger partial charge in [0.1, 0.15) is 35.0 Å². The van der Waals surface area contributed by atoms with E-state index in [1.807, 2.05) is 30.3 Å². The molecule has 29 heavy (non-hydrogen) atoms. The first-order valence-electron chi connectivity index (χ1n) is 8.90. The van der Waals surface area contributed by atoms with E-state index in [9.17, 15) is 14.7 Å². The van der Waals surface area contributed by atoms with E-state index < -0.39 is 11.6 Å². The number of phenols is 1. The van der Waals surface area contributed by atoms with Crippen molar-refractivity contribution in [2.24, 2.45) is 0 Å². The third kappa shape index (κ3) is 3.38. The number of phenolic OH excluding ortho intramolecular Hbond substituents is 1. The molecule has 0 saturated carbocycles. The summed E-state index contributed by atoms with van der Waals surface area (Å²) in [5.74, 6) is -0.256. The van der Waals surface area contributed by atoms with Crippen molar-refractivity contribution >= 4 is 16.9 Å². The third-order valence-electron chi connectivity index (χ3n) is 4.69. The third-order valence-corrected chi connectivity index (χ3v) is 4.69. The standard InChI is InChI=1S/C22H17NO6/c1-12-17(24)9-8-16-15(10-18(25)28-21(12)16)11-27-22(26)19-13(2)29-23-20(19)14-6-4-3-5-7-14/h3-10,24H,11H2,1-2H3. The highest BCUT2D eigenvalue weighted by molar-refractivity contribution is 5.97. The Kier molecular flexibility index (Phi) is 4.64. The molecule has 0 amide bonds. The minimum Gasteiger partial charge on any atom is -0.508 e. The Bertz CT molecular complexity index is 1270. The van der Waals surface area contributed by atoms with Crippen LogP contribution in [0.2, 0.25) is 0 Å². The van der Waals surface area contributed by atoms with Gasteiger partial charge in [-0.25, -0.2) is 9.59 Å². The van der Waals surface area contributed by atoms with Gasteiger partial charge in [-0.05, 0) is 26.0 Å². The molecule has 7 nitrogen and oxygen atoms in total. The van der Waals surface area contributed by atoms with E-state index in [0.717, 1.165) is 5.56 Å². The molecule has 2 aromatic heterocycles. The van der Waals surface area contributed by atoms with Crippen molar-refractivity contribution in [1.29, 1.82) is 0 Å². The second kappa shape index (κ2) is 7.27. The van der Waals surface area contributed by atoms with Crippen LogP contribution in [0.5, 0.6) is 5.75 Å². The number of hydrogen-bond acceptors (Lipinski definition) is 7. The zero-order valence-corrected chi connectivity index (χ0v) is 15.8. The molecule has 0 unspecified atom stereocenters. The van der Waals surface area contributed by atoms with E-state index in [-0.39, 0.29) is 23.5 Å². The fourth-order valence-corrected chi connectivity index (χ4v) is 3.16. The lowest BCUT2D eigenvalue weighted by molar-refractivity contribution is 0.0472. The second-order valence-electron chi connectivity index (χ2n) is 6.58. The van der Waals surface area contributed by atoms with Crippen LogP contribution in [0, 0.1) is 13.8 Å². The lowest BCUT2D eigenvalue weighted by Gasteiger charge is -2.09. The lowest BCUT2D eigenvalue weighted by atomic mass is 10.1. The van der Waals surface area contributed by atoms with E-state index in [1.165, 1.54) is 12.1 Å². The van der Waals surface area contributed by atoms with Gasteiger partial charge in [-0.2, -0.15) is 0 Å². The van der Waals surface area contributed by atoms with Crippen LogP contribution >= 0.6 is 0 Å². The van der Waals surface area contributed by atoms with Crippen LogP contribution in [0.1, 0.15) is 27.2 Å². The molecule has 4 aromatic rings. The maximum absolute atomic E-state index is 12.8. The van der Waals surface area contributed by atoms with Crippen molar-refractivity contribution in [3.8, 4) is 17.0 Å². The van der Waals surface area contributed by atoms with Gasteiger partial charge in [0.25, 0.3) is 0 Å². The lowest BCUT2D eigenvalue weighted by Crippen LogP contribution is -2.09. The van der Waals surface area contributed by atoms with E-state index >= 15 is 0 Å². The summed E-state index contributed by atoms with van der Waals surface area (Å²) in [4.78, 5) is 24.7. The first-order chi connectivity index (χ1) is 14.0. The first-order valence-corrected chi connectivity index (χ1v) is 8.90. The SMILES string of the molecule is Cc1onc(-c2ccccc2)c1C(=O)OCc1cc(=O)oc2c(C)c(O)ccc12. The number of ether oxygens (including phenoxy) is 1. The molecule has 0 radical (unpaired) electrons. The molecule has 0 aliphatic rings. The molecule has 0 aliphatic heterocycles. The summed E-state index contributed by atoms with van der Waals surface area (Å²) in [6.07, 6.45) is 0. The van der Waals surface area contributed by atoms with E-state index in [0.29, 0.717) is 28.0 Å². The number of benzene rings is 2. The molecular formula is C22H17NO6. The van der Waals surface area contributed by atoms with Gasteiger partial charge in [0.05, 0.1) is 0 Å². The summed E-state index contributed by atoms with van der Waals surface area (Å²) in [5, 5.41) is 14.4. The van der Waals surface area contributed by atoms with E-state index in [1.54, 1.807) is 19.9 Å². The molecule has 7 heteroatoms. The number of nitrogens with zero attached hydrogens (tertiary/aromatic N) is 1. The summed E-state index contributed by atoms with van der Waals surface area (Å²) in [6.45, 7) is 3.13. The number of carbonyl (C=O) groups excluding carboxylic acids is 1. The van der Waals surface area contributed by atoms with E-state index in [4.69, 9.17) is 13.7 Å². The zero-order valence-electron chi connectivity index (χ0n) is 15.8. The van der Waals surface area contributed by atoms with Crippen LogP contribution in [0.25, 0.3) is 22.2 Å². The monoisotopic (exact) mass is 391 g/mol. The number of hydrogen-bond donors (Lipinski definition) is 1. The van der Waals surface area contributed by atoms with Gasteiger partial charge < -0.3 is 18.8 Å². The van der Waals surface area contributed by atoms with Gasteiger partial charge in [0, 0.05) is 28.1 Å². The quantitative estimate of drug-likeness (QED) is 0.412. The predicted octanol–water partition coefficient (Wildman–Crippen LogP) is 4.13. The summed E-state index contributed by atoms with van der Waals surface area (Å²) in [7, 11) is 0. The normalized spacial score (nSPS) is 11.0. The summed E-state index contributed by atoms with van der Waals surface area (Å²) in [5.41, 5.74) is 1.94. The van der Waals surface area contributed by atoms with Crippen molar-refractivity contribution < 1.29 is 23.6 Å². The average molecular weight is 391 g/mol. The maximum atomic E-state index is 12.8. The summed E-state index contributed by atoms with van der Waals surface area (Å²) < 4.78 is 15.9. The number of aromatic nitrogens is 1. The van der Waals surface area contributed by atoms with Gasteiger partial charge in [-0.15, -0.1) is 0 Å². The van der Waals surface area contributed by atoms with Gasteiger partial charge >= 0.3 is 11.6 Å². The van der Waals surface area contributed by atoms with Crippen molar-refractivity contribution in [2.45, 2.75) is 20.5 Å². The fourth-order valence-electron chi connectivity index (χ4n) is 3.16. The molecule has 4 rings (SSSR count). The van der Waals surface area contributed by atoms with Crippen LogP contribution < -0.4 is 5.63 Å². The largest absolute Gasteiger partial charge is 0.508 e. The summed E-state index contributed by atoms with van der Waals surface area (Å²) >= 11 is 0. The van der Waals surface area contributed by atoms with Crippen molar-refractivity contribution in [3.63, 3.8) is 0 Å². The minimum absolute atomic E-state index is 0.0161. The Morgan fingerprint density at radius 3 is 2.66 bits per heavy atom. The average Bonchev–Trinajstić information content (AvgIpc) is 3.11. The van der Waals surface area contributed by atoms with Gasteiger partial charge in [-0.3, -0.25) is 0 Å². The Hall–Kier alpha value is -3.87. The molecular weight excluding hydrogens is 374 g/mol. The van der Waals surface area contributed by atoms with Crippen LogP contribution in [-0.2, 0) is 11.3 Å². The molecule has 0 bridgehead atoms. The highest BCUT2D eigenvalue weighted by Crippen LogP contribution is 2.29. The smallest absolute Gasteiger partial charge is 0.344 e. The predicted molar refractivity (Wildman–Crippen MR) is 105 cm³/mol. The number of aromatic hydroxyl groups is 1. The Labute approximate surface area is 165 Å². The highest BCUT2D eigenvalue weighted by Gasteiger charge is 2.23. The second-order valence-corrected chi connectivity index (χ2v) is 6.58. The van der Waals surface area contributed by atoms with Gasteiger partial charge in [0.15, 0.2) is 0 Å². The molecule has 2 heterocycles. The molecule has 0 atom stereocenters. The fraction of sp³-hybridized carbons (Fsp3) is 0.136. The number of rotatable bonds is 4. The van der Waals surface area contributed by atoms with Crippen molar-refractivity contribution in [1.82, 2.24) is 5.16 Å². The van der Waals surface area contributed by atoms with Crippen LogP contribution in [0.3, 0.4) is 0 Å². The molecule has 0 aliphatic carbocycles. The van der Waals surface area contributed by atoms with Crippen LogP contribution in [0.15, 0.2) is 62.3 Å². The Morgan fingerprint density at radius 1 is 1.14 bits per heavy atom.